The highest BCUT2D eigenvalue weighted by Crippen LogP contribution is 2.31. The number of halogens is 1. The van der Waals surface area contributed by atoms with E-state index in [0.29, 0.717) is 15.7 Å². The molecule has 0 atom stereocenters. The third-order valence-electron chi connectivity index (χ3n) is 3.88. The second-order valence-corrected chi connectivity index (χ2v) is 7.33. The molecule has 5 heteroatoms. The van der Waals surface area contributed by atoms with Crippen molar-refractivity contribution in [2.24, 2.45) is 0 Å². The standard InChI is InChI=1S/C19H17ClN2OS/c1-11-7-8-14(9-12(11)2)17-13(3)24-19(21-17)22-18(23)15-5-4-6-16(20)10-15/h4-10H,1-3H3,(H,21,22,23). The Morgan fingerprint density at radius 2 is 1.88 bits per heavy atom. The van der Waals surface area contributed by atoms with Gasteiger partial charge in [-0.2, -0.15) is 0 Å². The maximum atomic E-state index is 12.3. The lowest BCUT2D eigenvalue weighted by atomic mass is 10.0. The number of hydrogen-bond donors (Lipinski definition) is 1. The van der Waals surface area contributed by atoms with Crippen molar-refractivity contribution in [1.29, 1.82) is 0 Å². The second-order valence-electron chi connectivity index (χ2n) is 5.69. The molecule has 3 nitrogen and oxygen atoms in total. The number of nitrogens with zero attached hydrogens (tertiary/aromatic N) is 1. The van der Waals surface area contributed by atoms with Gasteiger partial charge in [0.15, 0.2) is 5.13 Å². The molecule has 1 amide bonds. The molecule has 1 N–H and O–H groups in total. The SMILES string of the molecule is Cc1ccc(-c2nc(NC(=O)c3cccc(Cl)c3)sc2C)cc1C. The first-order chi connectivity index (χ1) is 11.4. The molecule has 0 aliphatic rings. The Balaban J connectivity index is 1.86. The van der Waals surface area contributed by atoms with E-state index >= 15 is 0 Å². The fraction of sp³-hybridized carbons (Fsp3) is 0.158. The van der Waals surface area contributed by atoms with Crippen LogP contribution < -0.4 is 5.32 Å². The topological polar surface area (TPSA) is 42.0 Å². The van der Waals surface area contributed by atoms with Gasteiger partial charge in [0, 0.05) is 21.0 Å². The van der Waals surface area contributed by atoms with E-state index in [9.17, 15) is 4.79 Å². The highest BCUT2D eigenvalue weighted by atomic mass is 35.5. The molecular weight excluding hydrogens is 340 g/mol. The van der Waals surface area contributed by atoms with Gasteiger partial charge in [-0.3, -0.25) is 10.1 Å². The second kappa shape index (κ2) is 6.75. The minimum atomic E-state index is -0.210. The Morgan fingerprint density at radius 3 is 2.58 bits per heavy atom. The maximum Gasteiger partial charge on any atom is 0.257 e. The molecule has 2 aromatic carbocycles. The fourth-order valence-corrected chi connectivity index (χ4v) is 3.43. The van der Waals surface area contributed by atoms with Gasteiger partial charge in [0.1, 0.15) is 0 Å². The molecule has 3 aromatic rings. The van der Waals surface area contributed by atoms with Crippen molar-refractivity contribution < 1.29 is 4.79 Å². The maximum absolute atomic E-state index is 12.3. The lowest BCUT2D eigenvalue weighted by Crippen LogP contribution is -2.11. The molecule has 0 saturated carbocycles. The van der Waals surface area contributed by atoms with Gasteiger partial charge < -0.3 is 0 Å². The zero-order valence-corrected chi connectivity index (χ0v) is 15.3. The summed E-state index contributed by atoms with van der Waals surface area (Å²) < 4.78 is 0. The molecule has 1 aromatic heterocycles. The number of carbonyl (C=O) groups is 1. The summed E-state index contributed by atoms with van der Waals surface area (Å²) in [7, 11) is 0. The van der Waals surface area contributed by atoms with Crippen molar-refractivity contribution in [3.05, 3.63) is 69.1 Å². The molecule has 0 aliphatic carbocycles. The number of aromatic nitrogens is 1. The first-order valence-corrected chi connectivity index (χ1v) is 8.75. The van der Waals surface area contributed by atoms with Crippen LogP contribution in [0.5, 0.6) is 0 Å². The molecule has 0 aliphatic heterocycles. The van der Waals surface area contributed by atoms with Gasteiger partial charge in [0.25, 0.3) is 5.91 Å². The number of hydrogen-bond acceptors (Lipinski definition) is 3. The van der Waals surface area contributed by atoms with Crippen LogP contribution in [-0.2, 0) is 0 Å². The van der Waals surface area contributed by atoms with Gasteiger partial charge in [0.2, 0.25) is 0 Å². The van der Waals surface area contributed by atoms with Crippen LogP contribution in [0.2, 0.25) is 5.02 Å². The number of anilines is 1. The zero-order valence-electron chi connectivity index (χ0n) is 13.7. The minimum Gasteiger partial charge on any atom is -0.298 e. The van der Waals surface area contributed by atoms with E-state index in [-0.39, 0.29) is 5.91 Å². The molecule has 0 fully saturated rings. The summed E-state index contributed by atoms with van der Waals surface area (Å²) in [4.78, 5) is 18.0. The Hall–Kier alpha value is -2.17. The molecular formula is C19H17ClN2OS. The molecule has 24 heavy (non-hydrogen) atoms. The molecule has 0 radical (unpaired) electrons. The highest BCUT2D eigenvalue weighted by molar-refractivity contribution is 7.16. The molecule has 0 saturated heterocycles. The van der Waals surface area contributed by atoms with Gasteiger partial charge in [-0.1, -0.05) is 29.8 Å². The van der Waals surface area contributed by atoms with Crippen LogP contribution >= 0.6 is 22.9 Å². The van der Waals surface area contributed by atoms with E-state index in [0.717, 1.165) is 16.1 Å². The van der Waals surface area contributed by atoms with Crippen molar-refractivity contribution in [3.63, 3.8) is 0 Å². The van der Waals surface area contributed by atoms with E-state index < -0.39 is 0 Å². The van der Waals surface area contributed by atoms with Crippen molar-refractivity contribution in [2.75, 3.05) is 5.32 Å². The van der Waals surface area contributed by atoms with Gasteiger partial charge in [-0.25, -0.2) is 4.98 Å². The third-order valence-corrected chi connectivity index (χ3v) is 5.01. The number of carbonyl (C=O) groups excluding carboxylic acids is 1. The smallest absolute Gasteiger partial charge is 0.257 e. The molecule has 0 spiro atoms. The number of rotatable bonds is 3. The number of nitrogens with one attached hydrogen (secondary N) is 1. The molecule has 122 valence electrons. The Kier molecular flexibility index (Phi) is 4.69. The predicted octanol–water partition coefficient (Wildman–Crippen LogP) is 5.64. The van der Waals surface area contributed by atoms with Crippen molar-refractivity contribution >= 4 is 34.0 Å². The first-order valence-electron chi connectivity index (χ1n) is 7.56. The van der Waals surface area contributed by atoms with E-state index in [4.69, 9.17) is 11.6 Å². The third kappa shape index (κ3) is 3.50. The van der Waals surface area contributed by atoms with Crippen LogP contribution in [0.25, 0.3) is 11.3 Å². The van der Waals surface area contributed by atoms with E-state index in [1.54, 1.807) is 24.3 Å². The highest BCUT2D eigenvalue weighted by Gasteiger charge is 2.14. The van der Waals surface area contributed by atoms with Gasteiger partial charge >= 0.3 is 0 Å². The summed E-state index contributed by atoms with van der Waals surface area (Å²) in [5.74, 6) is -0.210. The number of benzene rings is 2. The fourth-order valence-electron chi connectivity index (χ4n) is 2.41. The predicted molar refractivity (Wildman–Crippen MR) is 101 cm³/mol. The van der Waals surface area contributed by atoms with Gasteiger partial charge in [-0.05, 0) is 56.2 Å². The van der Waals surface area contributed by atoms with Crippen LogP contribution in [0.3, 0.4) is 0 Å². The van der Waals surface area contributed by atoms with Gasteiger partial charge in [-0.15, -0.1) is 11.3 Å². The van der Waals surface area contributed by atoms with E-state index in [1.165, 1.54) is 22.5 Å². The summed E-state index contributed by atoms with van der Waals surface area (Å²) in [6.45, 7) is 6.18. The van der Waals surface area contributed by atoms with Crippen LogP contribution in [0, 0.1) is 20.8 Å². The Morgan fingerprint density at radius 1 is 1.08 bits per heavy atom. The van der Waals surface area contributed by atoms with Crippen molar-refractivity contribution in [3.8, 4) is 11.3 Å². The summed E-state index contributed by atoms with van der Waals surface area (Å²) in [6, 6.07) is 13.1. The largest absolute Gasteiger partial charge is 0.298 e. The van der Waals surface area contributed by atoms with E-state index in [2.05, 4.69) is 42.3 Å². The quantitative estimate of drug-likeness (QED) is 0.659. The van der Waals surface area contributed by atoms with Crippen molar-refractivity contribution in [2.45, 2.75) is 20.8 Å². The minimum absolute atomic E-state index is 0.210. The monoisotopic (exact) mass is 356 g/mol. The number of aryl methyl sites for hydroxylation is 3. The van der Waals surface area contributed by atoms with E-state index in [1.807, 2.05) is 6.92 Å². The van der Waals surface area contributed by atoms with Gasteiger partial charge in [0.05, 0.1) is 5.69 Å². The molecule has 0 unspecified atom stereocenters. The lowest BCUT2D eigenvalue weighted by Gasteiger charge is -2.04. The molecule has 0 bridgehead atoms. The molecule has 3 rings (SSSR count). The van der Waals surface area contributed by atoms with Crippen LogP contribution in [0.15, 0.2) is 42.5 Å². The number of thiazole rings is 1. The van der Waals surface area contributed by atoms with Crippen LogP contribution in [0.1, 0.15) is 26.4 Å². The average molecular weight is 357 g/mol. The summed E-state index contributed by atoms with van der Waals surface area (Å²) in [5, 5.41) is 3.98. The Bertz CT molecular complexity index is 917. The summed E-state index contributed by atoms with van der Waals surface area (Å²) >= 11 is 7.41. The summed E-state index contributed by atoms with van der Waals surface area (Å²) in [5.41, 5.74) is 4.97. The first kappa shape index (κ1) is 16.7. The normalized spacial score (nSPS) is 10.7. The number of amides is 1. The average Bonchev–Trinajstić information content (AvgIpc) is 2.90. The zero-order chi connectivity index (χ0) is 17.3. The van der Waals surface area contributed by atoms with Crippen molar-refractivity contribution in [1.82, 2.24) is 4.98 Å². The molecule has 1 heterocycles. The summed E-state index contributed by atoms with van der Waals surface area (Å²) in [6.07, 6.45) is 0. The Labute approximate surface area is 150 Å². The van der Waals surface area contributed by atoms with Crippen LogP contribution in [-0.4, -0.2) is 10.9 Å². The lowest BCUT2D eigenvalue weighted by molar-refractivity contribution is 0.102. The van der Waals surface area contributed by atoms with Crippen LogP contribution in [0.4, 0.5) is 5.13 Å².